The van der Waals surface area contributed by atoms with E-state index in [1.54, 1.807) is 12.1 Å². The Morgan fingerprint density at radius 3 is 2.53 bits per heavy atom. The number of halogens is 2. The van der Waals surface area contributed by atoms with Crippen LogP contribution in [0.15, 0.2) is 42.5 Å². The number of nitrogens with one attached hydrogen (secondary N) is 1. The second kappa shape index (κ2) is 5.71. The van der Waals surface area contributed by atoms with Crippen LogP contribution < -0.4 is 5.32 Å². The van der Waals surface area contributed by atoms with Gasteiger partial charge in [0.05, 0.1) is 17.1 Å². The molecule has 98 valence electrons. The highest BCUT2D eigenvalue weighted by Crippen LogP contribution is 2.26. The van der Waals surface area contributed by atoms with Crippen molar-refractivity contribution >= 4 is 23.2 Å². The first-order valence-electron chi connectivity index (χ1n) is 5.57. The third-order valence-corrected chi connectivity index (χ3v) is 2.82. The Labute approximate surface area is 114 Å². The molecule has 0 aliphatic carbocycles. The molecule has 2 rings (SSSR count). The number of amides is 1. The fourth-order valence-electron chi connectivity index (χ4n) is 1.59. The van der Waals surface area contributed by atoms with Crippen molar-refractivity contribution in [3.63, 3.8) is 0 Å². The number of hydrogen-bond donors (Lipinski definition) is 2. The van der Waals surface area contributed by atoms with Crippen LogP contribution in [0.2, 0.25) is 5.02 Å². The largest absolute Gasteiger partial charge is 0.508 e. The Bertz CT molecular complexity index is 599. The van der Waals surface area contributed by atoms with Crippen LogP contribution in [-0.4, -0.2) is 11.0 Å². The van der Waals surface area contributed by atoms with E-state index >= 15 is 0 Å². The summed E-state index contributed by atoms with van der Waals surface area (Å²) in [5.74, 6) is -0.577. The highest BCUT2D eigenvalue weighted by Gasteiger charge is 2.07. The van der Waals surface area contributed by atoms with Crippen LogP contribution >= 0.6 is 11.6 Å². The van der Waals surface area contributed by atoms with E-state index in [1.807, 2.05) is 0 Å². The van der Waals surface area contributed by atoms with Gasteiger partial charge in [-0.2, -0.15) is 0 Å². The lowest BCUT2D eigenvalue weighted by atomic mass is 10.1. The van der Waals surface area contributed by atoms with E-state index in [2.05, 4.69) is 5.32 Å². The van der Waals surface area contributed by atoms with Crippen LogP contribution in [0.25, 0.3) is 0 Å². The van der Waals surface area contributed by atoms with Gasteiger partial charge >= 0.3 is 0 Å². The molecule has 0 saturated carbocycles. The first-order valence-corrected chi connectivity index (χ1v) is 5.95. The second-order valence-corrected chi connectivity index (χ2v) is 4.42. The summed E-state index contributed by atoms with van der Waals surface area (Å²) in [5.41, 5.74) is 1.13. The molecule has 1 amide bonds. The van der Waals surface area contributed by atoms with Crippen LogP contribution in [0, 0.1) is 5.82 Å². The molecule has 0 aliphatic heterocycles. The first-order chi connectivity index (χ1) is 9.04. The molecule has 19 heavy (non-hydrogen) atoms. The molecule has 0 spiro atoms. The molecule has 0 fully saturated rings. The Morgan fingerprint density at radius 2 is 1.89 bits per heavy atom. The Morgan fingerprint density at radius 1 is 1.21 bits per heavy atom. The maximum atomic E-state index is 12.7. The van der Waals surface area contributed by atoms with E-state index in [-0.39, 0.29) is 28.9 Å². The monoisotopic (exact) mass is 279 g/mol. The number of phenolic OH excluding ortho intramolecular Hbond substituents is 1. The Hall–Kier alpha value is -2.07. The summed E-state index contributed by atoms with van der Waals surface area (Å²) in [6.45, 7) is 0. The van der Waals surface area contributed by atoms with Gasteiger partial charge in [-0.05, 0) is 29.8 Å². The molecular formula is C14H11ClFNO2. The normalized spacial score (nSPS) is 10.2. The fourth-order valence-corrected chi connectivity index (χ4v) is 1.81. The summed E-state index contributed by atoms with van der Waals surface area (Å²) < 4.78 is 12.7. The van der Waals surface area contributed by atoms with E-state index < -0.39 is 0 Å². The number of hydrogen-bond acceptors (Lipinski definition) is 2. The molecule has 0 unspecified atom stereocenters. The number of rotatable bonds is 3. The lowest BCUT2D eigenvalue weighted by molar-refractivity contribution is -0.115. The zero-order valence-corrected chi connectivity index (χ0v) is 10.6. The first kappa shape index (κ1) is 13.4. The van der Waals surface area contributed by atoms with Crippen LogP contribution in [-0.2, 0) is 11.2 Å². The zero-order chi connectivity index (χ0) is 13.8. The predicted molar refractivity (Wildman–Crippen MR) is 71.9 cm³/mol. The number of carbonyl (C=O) groups excluding carboxylic acids is 1. The summed E-state index contributed by atoms with van der Waals surface area (Å²) in [6, 6.07) is 9.99. The lowest BCUT2D eigenvalue weighted by Gasteiger charge is -2.07. The second-order valence-electron chi connectivity index (χ2n) is 4.02. The van der Waals surface area contributed by atoms with Gasteiger partial charge in [-0.1, -0.05) is 23.7 Å². The molecule has 0 heterocycles. The van der Waals surface area contributed by atoms with Crippen molar-refractivity contribution < 1.29 is 14.3 Å². The predicted octanol–water partition coefficient (Wildman–Crippen LogP) is 3.37. The van der Waals surface area contributed by atoms with Gasteiger partial charge in [0.2, 0.25) is 5.91 Å². The molecule has 2 aromatic carbocycles. The molecule has 2 aromatic rings. The lowest BCUT2D eigenvalue weighted by Crippen LogP contribution is -2.14. The summed E-state index contributed by atoms with van der Waals surface area (Å²) in [6.07, 6.45) is 0.123. The highest BCUT2D eigenvalue weighted by atomic mass is 35.5. The standard InChI is InChI=1S/C14H11ClFNO2/c15-12-8-11(18)5-6-13(12)17-14(19)7-9-1-3-10(16)4-2-9/h1-6,8,18H,7H2,(H,17,19). The smallest absolute Gasteiger partial charge is 0.228 e. The highest BCUT2D eigenvalue weighted by molar-refractivity contribution is 6.33. The Balaban J connectivity index is 2.03. The van der Waals surface area contributed by atoms with Crippen molar-refractivity contribution in [3.05, 3.63) is 58.9 Å². The molecule has 0 radical (unpaired) electrons. The van der Waals surface area contributed by atoms with Crippen molar-refractivity contribution in [2.24, 2.45) is 0 Å². The summed E-state index contributed by atoms with van der Waals surface area (Å²) in [4.78, 5) is 11.8. The number of benzene rings is 2. The van der Waals surface area contributed by atoms with Gasteiger partial charge in [0.25, 0.3) is 0 Å². The summed E-state index contributed by atoms with van der Waals surface area (Å²) in [5, 5.41) is 12.1. The molecule has 0 bridgehead atoms. The number of phenols is 1. The molecule has 3 nitrogen and oxygen atoms in total. The van der Waals surface area contributed by atoms with Crippen LogP contribution in [0.1, 0.15) is 5.56 Å². The minimum atomic E-state index is -0.342. The summed E-state index contributed by atoms with van der Waals surface area (Å²) in [7, 11) is 0. The van der Waals surface area contributed by atoms with Crippen molar-refractivity contribution in [1.29, 1.82) is 0 Å². The van der Waals surface area contributed by atoms with Crippen LogP contribution in [0.3, 0.4) is 0 Å². The summed E-state index contributed by atoms with van der Waals surface area (Å²) >= 11 is 5.87. The van der Waals surface area contributed by atoms with E-state index in [0.717, 1.165) is 0 Å². The van der Waals surface area contributed by atoms with Crippen molar-refractivity contribution in [3.8, 4) is 5.75 Å². The number of anilines is 1. The topological polar surface area (TPSA) is 49.3 Å². The number of carbonyl (C=O) groups is 1. The number of aromatic hydroxyl groups is 1. The zero-order valence-electron chi connectivity index (χ0n) is 9.86. The van der Waals surface area contributed by atoms with E-state index in [0.29, 0.717) is 11.3 Å². The van der Waals surface area contributed by atoms with Gasteiger partial charge in [0.15, 0.2) is 0 Å². The average Bonchev–Trinajstić information content (AvgIpc) is 2.36. The van der Waals surface area contributed by atoms with Gasteiger partial charge in [-0.15, -0.1) is 0 Å². The molecule has 2 N–H and O–H groups in total. The molecule has 0 aromatic heterocycles. The molecule has 0 saturated heterocycles. The van der Waals surface area contributed by atoms with Gasteiger partial charge in [-0.3, -0.25) is 4.79 Å². The molecule has 0 aliphatic rings. The minimum absolute atomic E-state index is 0.0292. The average molecular weight is 280 g/mol. The SMILES string of the molecule is O=C(Cc1ccc(F)cc1)Nc1ccc(O)cc1Cl. The van der Waals surface area contributed by atoms with Gasteiger partial charge in [0.1, 0.15) is 11.6 Å². The van der Waals surface area contributed by atoms with E-state index in [4.69, 9.17) is 11.6 Å². The van der Waals surface area contributed by atoms with Gasteiger partial charge < -0.3 is 10.4 Å². The fraction of sp³-hybridized carbons (Fsp3) is 0.0714. The maximum absolute atomic E-state index is 12.7. The molecular weight excluding hydrogens is 269 g/mol. The van der Waals surface area contributed by atoms with Crippen LogP contribution in [0.4, 0.5) is 10.1 Å². The van der Waals surface area contributed by atoms with Crippen molar-refractivity contribution in [2.75, 3.05) is 5.32 Å². The third kappa shape index (κ3) is 3.69. The third-order valence-electron chi connectivity index (χ3n) is 2.50. The quantitative estimate of drug-likeness (QED) is 0.847. The van der Waals surface area contributed by atoms with Crippen molar-refractivity contribution in [2.45, 2.75) is 6.42 Å². The maximum Gasteiger partial charge on any atom is 0.228 e. The van der Waals surface area contributed by atoms with Crippen molar-refractivity contribution in [1.82, 2.24) is 0 Å². The van der Waals surface area contributed by atoms with Gasteiger partial charge in [-0.25, -0.2) is 4.39 Å². The van der Waals surface area contributed by atoms with E-state index in [1.165, 1.54) is 30.3 Å². The van der Waals surface area contributed by atoms with Crippen LogP contribution in [0.5, 0.6) is 5.75 Å². The minimum Gasteiger partial charge on any atom is -0.508 e. The van der Waals surface area contributed by atoms with E-state index in [9.17, 15) is 14.3 Å². The molecule has 5 heteroatoms. The van der Waals surface area contributed by atoms with Gasteiger partial charge in [0, 0.05) is 6.07 Å². The molecule has 0 atom stereocenters. The Kier molecular flexibility index (Phi) is 4.02.